The molecule has 1 saturated heterocycles. The Labute approximate surface area is 196 Å². The van der Waals surface area contributed by atoms with E-state index in [1.165, 1.54) is 30.2 Å². The van der Waals surface area contributed by atoms with E-state index in [4.69, 9.17) is 4.42 Å². The van der Waals surface area contributed by atoms with Crippen LogP contribution in [-0.2, 0) is 19.4 Å². The lowest BCUT2D eigenvalue weighted by molar-refractivity contribution is -0.132. The lowest BCUT2D eigenvalue weighted by atomic mass is 10.2. The molecular weight excluding hydrogens is 466 g/mol. The van der Waals surface area contributed by atoms with Crippen LogP contribution in [0.3, 0.4) is 0 Å². The Morgan fingerprint density at radius 2 is 1.88 bits per heavy atom. The maximum atomic E-state index is 12.9. The number of furan rings is 1. The molecule has 2 aromatic rings. The van der Waals surface area contributed by atoms with Gasteiger partial charge in [0.25, 0.3) is 5.91 Å². The molecule has 2 aliphatic rings. The number of hydrogen-bond donors (Lipinski definition) is 1. The molecule has 0 aliphatic carbocycles. The number of amides is 3. The van der Waals surface area contributed by atoms with Gasteiger partial charge in [-0.2, -0.15) is 0 Å². The van der Waals surface area contributed by atoms with Gasteiger partial charge in [-0.1, -0.05) is 6.92 Å². The molecule has 3 amide bonds. The second-order valence-electron chi connectivity index (χ2n) is 8.06. The Balaban J connectivity index is 1.34. The van der Waals surface area contributed by atoms with Crippen LogP contribution in [0.1, 0.15) is 30.3 Å². The largest absolute Gasteiger partial charge is 0.459 e. The summed E-state index contributed by atoms with van der Waals surface area (Å²) in [6.45, 7) is 3.34. The molecule has 1 aromatic carbocycles. The first-order chi connectivity index (χ1) is 15.7. The standard InChI is InChI=1S/C22H25N3O6S2/c1-15-13-20(26)23-17-14-16(4-5-19(17)32-15)33(29,30)12-6-21(27)24-7-9-25(10-8-24)22(28)18-3-2-11-31-18/h2-5,11,14-15H,6-10,12-13H2,1H3,(H,23,26). The summed E-state index contributed by atoms with van der Waals surface area (Å²) in [4.78, 5) is 41.0. The van der Waals surface area contributed by atoms with Crippen molar-refractivity contribution in [1.29, 1.82) is 0 Å². The number of anilines is 1. The smallest absolute Gasteiger partial charge is 0.289 e. The number of sulfone groups is 1. The van der Waals surface area contributed by atoms with Gasteiger partial charge in [-0.05, 0) is 30.3 Å². The molecule has 9 nitrogen and oxygen atoms in total. The molecule has 11 heteroatoms. The van der Waals surface area contributed by atoms with Crippen LogP contribution < -0.4 is 5.32 Å². The molecule has 1 aromatic heterocycles. The number of nitrogens with one attached hydrogen (secondary N) is 1. The summed E-state index contributed by atoms with van der Waals surface area (Å²) in [5, 5.41) is 2.87. The molecule has 0 spiro atoms. The second kappa shape index (κ2) is 9.60. The van der Waals surface area contributed by atoms with Crippen LogP contribution in [0, 0.1) is 0 Å². The predicted octanol–water partition coefficient (Wildman–Crippen LogP) is 2.25. The maximum Gasteiger partial charge on any atom is 0.289 e. The van der Waals surface area contributed by atoms with E-state index in [0.717, 1.165) is 4.90 Å². The highest BCUT2D eigenvalue weighted by Crippen LogP contribution is 2.36. The molecule has 1 fully saturated rings. The van der Waals surface area contributed by atoms with Gasteiger partial charge in [0.1, 0.15) is 0 Å². The second-order valence-corrected chi connectivity index (χ2v) is 11.6. The first kappa shape index (κ1) is 23.4. The van der Waals surface area contributed by atoms with Crippen LogP contribution in [0.15, 0.2) is 50.8 Å². The molecule has 0 bridgehead atoms. The van der Waals surface area contributed by atoms with E-state index in [1.807, 2.05) is 6.92 Å². The Hall–Kier alpha value is -2.79. The Morgan fingerprint density at radius 1 is 1.15 bits per heavy atom. The van der Waals surface area contributed by atoms with E-state index in [1.54, 1.807) is 28.0 Å². The molecule has 4 rings (SSSR count). The van der Waals surface area contributed by atoms with Gasteiger partial charge in [0, 0.05) is 49.2 Å². The molecule has 3 heterocycles. The minimum absolute atomic E-state index is 0.0818. The number of carbonyl (C=O) groups is 3. The topological polar surface area (TPSA) is 117 Å². The summed E-state index contributed by atoms with van der Waals surface area (Å²) >= 11 is 1.52. The zero-order valence-corrected chi connectivity index (χ0v) is 19.8. The minimum Gasteiger partial charge on any atom is -0.459 e. The number of piperazine rings is 1. The summed E-state index contributed by atoms with van der Waals surface area (Å²) in [6, 6.07) is 7.93. The van der Waals surface area contributed by atoms with E-state index in [9.17, 15) is 22.8 Å². The van der Waals surface area contributed by atoms with E-state index in [-0.39, 0.29) is 45.8 Å². The van der Waals surface area contributed by atoms with Crippen LogP contribution in [0.25, 0.3) is 0 Å². The SMILES string of the molecule is CC1CC(=O)Nc2cc(S(=O)(=O)CCC(=O)N3CCN(C(=O)c4ccco4)CC3)ccc2S1. The predicted molar refractivity (Wildman–Crippen MR) is 123 cm³/mol. The van der Waals surface area contributed by atoms with Crippen molar-refractivity contribution in [3.05, 3.63) is 42.4 Å². The van der Waals surface area contributed by atoms with Crippen LogP contribution in [0.5, 0.6) is 0 Å². The number of nitrogens with zero attached hydrogens (tertiary/aromatic N) is 2. The third kappa shape index (κ3) is 5.41. The van der Waals surface area contributed by atoms with Gasteiger partial charge in [-0.15, -0.1) is 11.8 Å². The van der Waals surface area contributed by atoms with Crippen LogP contribution in [0.2, 0.25) is 0 Å². The zero-order chi connectivity index (χ0) is 23.6. The first-order valence-electron chi connectivity index (χ1n) is 10.7. The highest BCUT2D eigenvalue weighted by molar-refractivity contribution is 8.00. The van der Waals surface area contributed by atoms with Crippen molar-refractivity contribution < 1.29 is 27.2 Å². The van der Waals surface area contributed by atoms with Crippen molar-refractivity contribution in [2.24, 2.45) is 0 Å². The first-order valence-corrected chi connectivity index (χ1v) is 13.2. The molecular formula is C22H25N3O6S2. The number of rotatable bonds is 5. The third-order valence-electron chi connectivity index (χ3n) is 5.62. The summed E-state index contributed by atoms with van der Waals surface area (Å²) in [7, 11) is -3.71. The Bertz CT molecular complexity index is 1150. The quantitative estimate of drug-likeness (QED) is 0.682. The highest BCUT2D eigenvalue weighted by Gasteiger charge is 2.28. The minimum atomic E-state index is -3.71. The van der Waals surface area contributed by atoms with Gasteiger partial charge in [0.2, 0.25) is 11.8 Å². The number of benzene rings is 1. The van der Waals surface area contributed by atoms with Crippen molar-refractivity contribution in [2.75, 3.05) is 37.2 Å². The van der Waals surface area contributed by atoms with E-state index in [0.29, 0.717) is 38.3 Å². The zero-order valence-electron chi connectivity index (χ0n) is 18.2. The van der Waals surface area contributed by atoms with E-state index < -0.39 is 9.84 Å². The van der Waals surface area contributed by atoms with Crippen molar-refractivity contribution in [1.82, 2.24) is 9.80 Å². The van der Waals surface area contributed by atoms with Gasteiger partial charge in [-0.25, -0.2) is 8.42 Å². The summed E-state index contributed by atoms with van der Waals surface area (Å²) in [5.74, 6) is -0.712. The van der Waals surface area contributed by atoms with Crippen LogP contribution >= 0.6 is 11.8 Å². The van der Waals surface area contributed by atoms with Gasteiger partial charge >= 0.3 is 0 Å². The van der Waals surface area contributed by atoms with Crippen molar-refractivity contribution in [3.63, 3.8) is 0 Å². The number of hydrogen-bond acceptors (Lipinski definition) is 7. The monoisotopic (exact) mass is 491 g/mol. The Kier molecular flexibility index (Phi) is 6.80. The van der Waals surface area contributed by atoms with E-state index in [2.05, 4.69) is 5.32 Å². The normalized spacial score (nSPS) is 18.9. The number of fused-ring (bicyclic) bond motifs is 1. The molecule has 0 saturated carbocycles. The summed E-state index contributed by atoms with van der Waals surface area (Å²) in [5.41, 5.74) is 0.485. The molecule has 0 radical (unpaired) electrons. The molecule has 1 unspecified atom stereocenters. The molecule has 176 valence electrons. The Morgan fingerprint density at radius 3 is 2.58 bits per heavy atom. The van der Waals surface area contributed by atoms with Crippen LogP contribution in [0.4, 0.5) is 5.69 Å². The fourth-order valence-electron chi connectivity index (χ4n) is 3.84. The summed E-state index contributed by atoms with van der Waals surface area (Å²) < 4.78 is 30.8. The van der Waals surface area contributed by atoms with E-state index >= 15 is 0 Å². The third-order valence-corrected chi connectivity index (χ3v) is 8.51. The van der Waals surface area contributed by atoms with Gasteiger partial charge < -0.3 is 19.5 Å². The average Bonchev–Trinajstić information content (AvgIpc) is 3.28. The van der Waals surface area contributed by atoms with Crippen molar-refractivity contribution in [2.45, 2.75) is 34.8 Å². The summed E-state index contributed by atoms with van der Waals surface area (Å²) in [6.07, 6.45) is 1.64. The average molecular weight is 492 g/mol. The van der Waals surface area contributed by atoms with Gasteiger partial charge in [-0.3, -0.25) is 14.4 Å². The fraction of sp³-hybridized carbons (Fsp3) is 0.409. The van der Waals surface area contributed by atoms with Gasteiger partial charge in [0.05, 0.1) is 22.6 Å². The fourth-order valence-corrected chi connectivity index (χ4v) is 6.14. The molecule has 1 N–H and O–H groups in total. The van der Waals surface area contributed by atoms with Gasteiger partial charge in [0.15, 0.2) is 15.6 Å². The maximum absolute atomic E-state index is 12.9. The number of carbonyl (C=O) groups excluding carboxylic acids is 3. The molecule has 33 heavy (non-hydrogen) atoms. The van der Waals surface area contributed by atoms with Crippen molar-refractivity contribution >= 4 is 45.0 Å². The highest BCUT2D eigenvalue weighted by atomic mass is 32.2. The number of thioether (sulfide) groups is 1. The lowest BCUT2D eigenvalue weighted by Gasteiger charge is -2.34. The van der Waals surface area contributed by atoms with Crippen molar-refractivity contribution in [3.8, 4) is 0 Å². The molecule has 2 aliphatic heterocycles. The van der Waals surface area contributed by atoms with Crippen LogP contribution in [-0.4, -0.2) is 73.1 Å². The molecule has 1 atom stereocenters. The lowest BCUT2D eigenvalue weighted by Crippen LogP contribution is -2.50.